The Balaban J connectivity index is 1.38. The average Bonchev–Trinajstić information content (AvgIpc) is 3.29. The van der Waals surface area contributed by atoms with E-state index in [1.165, 1.54) is 29.2 Å². The largest absolute Gasteiger partial charge is 0.493 e. The summed E-state index contributed by atoms with van der Waals surface area (Å²) in [6.07, 6.45) is 3.83. The maximum Gasteiger partial charge on any atom is 0.250 e. The summed E-state index contributed by atoms with van der Waals surface area (Å²) in [6, 6.07) is 15.2. The Morgan fingerprint density at radius 3 is 2.61 bits per heavy atom. The van der Waals surface area contributed by atoms with Gasteiger partial charge in [0, 0.05) is 12.6 Å². The number of ether oxygens (including phenoxy) is 2. The molecule has 3 aromatic rings. The molecule has 0 aliphatic rings. The first kappa shape index (κ1) is 24.3. The van der Waals surface area contributed by atoms with Crippen LogP contribution in [0.25, 0.3) is 6.08 Å². The summed E-state index contributed by atoms with van der Waals surface area (Å²) < 4.78 is 11.1. The van der Waals surface area contributed by atoms with Gasteiger partial charge in [0.15, 0.2) is 15.8 Å². The minimum atomic E-state index is -0.292. The van der Waals surface area contributed by atoms with E-state index in [0.29, 0.717) is 33.9 Å². The van der Waals surface area contributed by atoms with E-state index in [1.807, 2.05) is 48.5 Å². The second kappa shape index (κ2) is 12.6. The third-order valence-corrected chi connectivity index (χ3v) is 6.35. The highest BCUT2D eigenvalue weighted by molar-refractivity contribution is 8.01. The Kier molecular flexibility index (Phi) is 9.28. The van der Waals surface area contributed by atoms with Crippen LogP contribution in [0.4, 0.5) is 5.13 Å². The predicted octanol–water partition coefficient (Wildman–Crippen LogP) is 3.66. The number of rotatable bonds is 11. The van der Waals surface area contributed by atoms with Gasteiger partial charge in [0.1, 0.15) is 0 Å². The fraction of sp³-hybridized carbons (Fsp3) is 0.217. The fourth-order valence-corrected chi connectivity index (χ4v) is 4.35. The van der Waals surface area contributed by atoms with Crippen molar-refractivity contribution in [2.75, 3.05) is 31.8 Å². The molecular weight excluding hydrogens is 460 g/mol. The zero-order valence-corrected chi connectivity index (χ0v) is 19.9. The van der Waals surface area contributed by atoms with Crippen molar-refractivity contribution < 1.29 is 19.1 Å². The lowest BCUT2D eigenvalue weighted by molar-refractivity contribution is -0.118. The molecule has 0 saturated carbocycles. The lowest BCUT2D eigenvalue weighted by atomic mass is 10.1. The van der Waals surface area contributed by atoms with Gasteiger partial charge < -0.3 is 14.8 Å². The van der Waals surface area contributed by atoms with Crippen LogP contribution in [0.3, 0.4) is 0 Å². The minimum absolute atomic E-state index is 0.105. The monoisotopic (exact) mass is 484 g/mol. The van der Waals surface area contributed by atoms with Crippen LogP contribution < -0.4 is 20.1 Å². The number of benzene rings is 2. The van der Waals surface area contributed by atoms with Crippen molar-refractivity contribution in [3.63, 3.8) is 0 Å². The number of methoxy groups -OCH3 is 2. The van der Waals surface area contributed by atoms with Crippen LogP contribution in [-0.4, -0.2) is 48.5 Å². The van der Waals surface area contributed by atoms with Gasteiger partial charge in [-0.05, 0) is 35.8 Å². The van der Waals surface area contributed by atoms with Gasteiger partial charge in [-0.2, -0.15) is 0 Å². The summed E-state index contributed by atoms with van der Waals surface area (Å²) in [5.74, 6) is 1.14. The van der Waals surface area contributed by atoms with E-state index in [9.17, 15) is 9.59 Å². The van der Waals surface area contributed by atoms with E-state index in [2.05, 4.69) is 20.8 Å². The van der Waals surface area contributed by atoms with Crippen LogP contribution in [0.15, 0.2) is 58.9 Å². The molecule has 0 radical (unpaired) electrons. The summed E-state index contributed by atoms with van der Waals surface area (Å²) in [4.78, 5) is 24.2. The molecule has 1 aromatic heterocycles. The Hall–Kier alpha value is -3.37. The first-order chi connectivity index (χ1) is 16.1. The van der Waals surface area contributed by atoms with Gasteiger partial charge in [0.05, 0.1) is 20.0 Å². The number of amides is 2. The van der Waals surface area contributed by atoms with E-state index >= 15 is 0 Å². The number of carbonyl (C=O) groups excluding carboxylic acids is 2. The predicted molar refractivity (Wildman–Crippen MR) is 131 cm³/mol. The van der Waals surface area contributed by atoms with Gasteiger partial charge >= 0.3 is 0 Å². The minimum Gasteiger partial charge on any atom is -0.493 e. The smallest absolute Gasteiger partial charge is 0.250 e. The Bertz CT molecular complexity index is 1100. The number of thioether (sulfide) groups is 1. The molecule has 0 aliphatic heterocycles. The molecule has 0 spiro atoms. The number of anilines is 1. The number of carbonyl (C=O) groups is 2. The maximum atomic E-state index is 12.1. The highest BCUT2D eigenvalue weighted by atomic mass is 32.2. The van der Waals surface area contributed by atoms with Crippen LogP contribution in [-0.2, 0) is 16.0 Å². The van der Waals surface area contributed by atoms with E-state index < -0.39 is 0 Å². The van der Waals surface area contributed by atoms with E-state index in [4.69, 9.17) is 9.47 Å². The number of nitrogens with one attached hydrogen (secondary N) is 2. The molecule has 1 heterocycles. The number of aromatic nitrogens is 2. The normalized spacial score (nSPS) is 10.7. The molecule has 172 valence electrons. The summed E-state index contributed by atoms with van der Waals surface area (Å²) in [5, 5.41) is 13.9. The Labute approximate surface area is 200 Å². The standard InChI is InChI=1S/C23H24N4O4S2/c1-30-18-10-8-17(14-19(18)31-2)12-13-24-21(29)15-32-23-27-26-22(33-23)25-20(28)11-9-16-6-4-3-5-7-16/h3-11,14H,12-13,15H2,1-2H3,(H,24,29)(H,25,26,28). The second-order valence-electron chi connectivity index (χ2n) is 6.68. The highest BCUT2D eigenvalue weighted by Crippen LogP contribution is 2.28. The highest BCUT2D eigenvalue weighted by Gasteiger charge is 2.10. The molecule has 0 bridgehead atoms. The summed E-state index contributed by atoms with van der Waals surface area (Å²) in [6.45, 7) is 0.500. The number of hydrogen-bond donors (Lipinski definition) is 2. The third-order valence-electron chi connectivity index (χ3n) is 4.37. The van der Waals surface area contributed by atoms with Gasteiger partial charge in [0.2, 0.25) is 16.9 Å². The Morgan fingerprint density at radius 1 is 1.06 bits per heavy atom. The van der Waals surface area contributed by atoms with Crippen molar-refractivity contribution in [3.05, 3.63) is 65.7 Å². The Morgan fingerprint density at radius 2 is 1.85 bits per heavy atom. The second-order valence-corrected chi connectivity index (χ2v) is 8.88. The maximum absolute atomic E-state index is 12.1. The van der Waals surface area contributed by atoms with Crippen LogP contribution in [0.1, 0.15) is 11.1 Å². The van der Waals surface area contributed by atoms with Crippen LogP contribution in [0.5, 0.6) is 11.5 Å². The van der Waals surface area contributed by atoms with Gasteiger partial charge in [-0.15, -0.1) is 10.2 Å². The first-order valence-electron chi connectivity index (χ1n) is 10.1. The summed E-state index contributed by atoms with van der Waals surface area (Å²) in [5.41, 5.74) is 1.96. The van der Waals surface area contributed by atoms with Crippen molar-refractivity contribution in [1.29, 1.82) is 0 Å². The summed E-state index contributed by atoms with van der Waals surface area (Å²) >= 11 is 2.49. The number of hydrogen-bond acceptors (Lipinski definition) is 8. The number of nitrogens with zero attached hydrogens (tertiary/aromatic N) is 2. The molecule has 2 aromatic carbocycles. The van der Waals surface area contributed by atoms with Gasteiger partial charge in [0.25, 0.3) is 0 Å². The zero-order chi connectivity index (χ0) is 23.5. The van der Waals surface area contributed by atoms with E-state index in [0.717, 1.165) is 11.1 Å². The third kappa shape index (κ3) is 7.92. The molecule has 2 N–H and O–H groups in total. The topological polar surface area (TPSA) is 102 Å². The van der Waals surface area contributed by atoms with Crippen molar-refractivity contribution in [1.82, 2.24) is 15.5 Å². The lowest BCUT2D eigenvalue weighted by Crippen LogP contribution is -2.27. The molecule has 2 amide bonds. The van der Waals surface area contributed by atoms with E-state index in [-0.39, 0.29) is 17.6 Å². The molecule has 0 saturated heterocycles. The van der Waals surface area contributed by atoms with Crippen LogP contribution >= 0.6 is 23.1 Å². The van der Waals surface area contributed by atoms with Crippen molar-refractivity contribution >= 4 is 46.1 Å². The molecule has 33 heavy (non-hydrogen) atoms. The zero-order valence-electron chi connectivity index (χ0n) is 18.2. The van der Waals surface area contributed by atoms with Gasteiger partial charge in [-0.25, -0.2) is 0 Å². The van der Waals surface area contributed by atoms with Crippen LogP contribution in [0.2, 0.25) is 0 Å². The van der Waals surface area contributed by atoms with Gasteiger partial charge in [-0.1, -0.05) is 59.5 Å². The lowest BCUT2D eigenvalue weighted by Gasteiger charge is -2.10. The summed E-state index contributed by atoms with van der Waals surface area (Å²) in [7, 11) is 3.18. The average molecular weight is 485 g/mol. The quantitative estimate of drug-likeness (QED) is 0.243. The van der Waals surface area contributed by atoms with Crippen molar-refractivity contribution in [3.8, 4) is 11.5 Å². The molecule has 0 atom stereocenters. The molecule has 0 unspecified atom stereocenters. The van der Waals surface area contributed by atoms with E-state index in [1.54, 1.807) is 20.3 Å². The fourth-order valence-electron chi connectivity index (χ4n) is 2.76. The van der Waals surface area contributed by atoms with Crippen molar-refractivity contribution in [2.24, 2.45) is 0 Å². The SMILES string of the molecule is COc1ccc(CCNC(=O)CSc2nnc(NC(=O)C=Cc3ccccc3)s2)cc1OC. The van der Waals surface area contributed by atoms with Gasteiger partial charge in [-0.3, -0.25) is 14.9 Å². The molecule has 0 fully saturated rings. The van der Waals surface area contributed by atoms with Crippen LogP contribution in [0, 0.1) is 0 Å². The first-order valence-corrected chi connectivity index (χ1v) is 11.9. The molecular formula is C23H24N4O4S2. The molecule has 0 aliphatic carbocycles. The molecule has 3 rings (SSSR count). The molecule has 8 nitrogen and oxygen atoms in total. The van der Waals surface area contributed by atoms with Crippen molar-refractivity contribution in [2.45, 2.75) is 10.8 Å². The molecule has 10 heteroatoms.